The Bertz CT molecular complexity index is 719. The lowest BCUT2D eigenvalue weighted by Gasteiger charge is -2.23. The number of hydrogen-bond acceptors (Lipinski definition) is 4. The van der Waals surface area contributed by atoms with Gasteiger partial charge in [-0.2, -0.15) is 0 Å². The fourth-order valence-electron chi connectivity index (χ4n) is 2.39. The summed E-state index contributed by atoms with van der Waals surface area (Å²) in [6, 6.07) is 1.86. The van der Waals surface area contributed by atoms with E-state index in [1.807, 2.05) is 33.8 Å². The predicted octanol–water partition coefficient (Wildman–Crippen LogP) is 4.36. The minimum absolute atomic E-state index is 0.201. The summed E-state index contributed by atoms with van der Waals surface area (Å²) in [6.07, 6.45) is 1.27. The molecule has 0 radical (unpaired) electrons. The molecule has 2 aromatic rings. The Morgan fingerprint density at radius 3 is 2.57 bits per heavy atom. The van der Waals surface area contributed by atoms with Gasteiger partial charge < -0.3 is 14.6 Å². The predicted molar refractivity (Wildman–Crippen MR) is 93.4 cm³/mol. The van der Waals surface area contributed by atoms with Gasteiger partial charge in [0.15, 0.2) is 0 Å². The number of nitrogens with zero attached hydrogens (tertiary/aromatic N) is 3. The fraction of sp³-hybridized carbons (Fsp3) is 0.562. The second-order valence-electron chi connectivity index (χ2n) is 6.80. The molecule has 0 fully saturated rings. The Hall–Kier alpha value is -1.63. The highest BCUT2D eigenvalue weighted by atomic mass is 79.9. The zero-order valence-corrected chi connectivity index (χ0v) is 15.9. The van der Waals surface area contributed by atoms with Crippen molar-refractivity contribution in [2.24, 2.45) is 0 Å². The van der Waals surface area contributed by atoms with Gasteiger partial charge in [-0.3, -0.25) is 0 Å². The van der Waals surface area contributed by atoms with Crippen molar-refractivity contribution in [2.75, 3.05) is 0 Å². The maximum absolute atomic E-state index is 12.0. The van der Waals surface area contributed by atoms with Crippen molar-refractivity contribution < 1.29 is 9.53 Å². The van der Waals surface area contributed by atoms with Gasteiger partial charge in [0, 0.05) is 6.04 Å². The molecule has 0 aliphatic heterocycles. The summed E-state index contributed by atoms with van der Waals surface area (Å²) in [5.41, 5.74) is 1.25. The summed E-state index contributed by atoms with van der Waals surface area (Å²) in [6.45, 7) is 11.6. The number of nitrogens with one attached hydrogen (secondary N) is 1. The first-order valence-corrected chi connectivity index (χ1v) is 8.40. The van der Waals surface area contributed by atoms with E-state index in [1.165, 1.54) is 0 Å². The number of carbonyl (C=O) groups excluding carboxylic acids is 1. The van der Waals surface area contributed by atoms with E-state index in [0.29, 0.717) is 0 Å². The molecule has 0 aromatic carbocycles. The Kier molecular flexibility index (Phi) is 4.98. The van der Waals surface area contributed by atoms with Gasteiger partial charge in [0.05, 0.1) is 17.8 Å². The Morgan fingerprint density at radius 2 is 2.00 bits per heavy atom. The highest BCUT2D eigenvalue weighted by Gasteiger charge is 2.23. The highest BCUT2D eigenvalue weighted by molar-refractivity contribution is 9.10. The lowest BCUT2D eigenvalue weighted by Crippen LogP contribution is -2.35. The second kappa shape index (κ2) is 6.47. The fourth-order valence-corrected chi connectivity index (χ4v) is 2.71. The second-order valence-corrected chi connectivity index (χ2v) is 7.61. The van der Waals surface area contributed by atoms with Crippen molar-refractivity contribution in [3.05, 3.63) is 22.7 Å². The summed E-state index contributed by atoms with van der Waals surface area (Å²) < 4.78 is 8.17. The average molecular weight is 383 g/mol. The molecule has 0 spiro atoms. The molecule has 2 heterocycles. The summed E-state index contributed by atoms with van der Waals surface area (Å²) in [4.78, 5) is 20.9. The molecular weight excluding hydrogens is 360 g/mol. The van der Waals surface area contributed by atoms with Crippen LogP contribution in [0, 0.1) is 0 Å². The molecule has 0 unspecified atom stereocenters. The zero-order valence-electron chi connectivity index (χ0n) is 14.3. The minimum Gasteiger partial charge on any atom is -0.444 e. The van der Waals surface area contributed by atoms with Gasteiger partial charge in [-0.25, -0.2) is 14.8 Å². The van der Waals surface area contributed by atoms with Crippen LogP contribution in [0.15, 0.2) is 16.9 Å². The SMILES string of the molecule is CC(C)n1c([C@H](C)NC(=O)OC(C)(C)C)nc2cnc(Br)cc21. The zero-order chi connectivity index (χ0) is 17.4. The van der Waals surface area contributed by atoms with Gasteiger partial charge in [0.1, 0.15) is 21.5 Å². The van der Waals surface area contributed by atoms with E-state index in [1.54, 1.807) is 6.20 Å². The third-order valence-electron chi connectivity index (χ3n) is 3.21. The number of amides is 1. The van der Waals surface area contributed by atoms with Crippen LogP contribution >= 0.6 is 15.9 Å². The van der Waals surface area contributed by atoms with Crippen LogP contribution < -0.4 is 5.32 Å². The molecule has 23 heavy (non-hydrogen) atoms. The number of fused-ring (bicyclic) bond motifs is 1. The van der Waals surface area contributed by atoms with Crippen molar-refractivity contribution in [1.82, 2.24) is 19.9 Å². The number of carbonyl (C=O) groups is 1. The van der Waals surface area contributed by atoms with E-state index >= 15 is 0 Å². The monoisotopic (exact) mass is 382 g/mol. The van der Waals surface area contributed by atoms with Gasteiger partial charge in [-0.05, 0) is 63.5 Å². The Morgan fingerprint density at radius 1 is 1.35 bits per heavy atom. The first-order chi connectivity index (χ1) is 10.6. The van der Waals surface area contributed by atoms with E-state index in [9.17, 15) is 4.79 Å². The van der Waals surface area contributed by atoms with E-state index < -0.39 is 11.7 Å². The molecule has 0 aliphatic carbocycles. The Balaban J connectivity index is 2.35. The van der Waals surface area contributed by atoms with Crippen LogP contribution in [-0.2, 0) is 4.74 Å². The lowest BCUT2D eigenvalue weighted by molar-refractivity contribution is 0.0505. The smallest absolute Gasteiger partial charge is 0.408 e. The van der Waals surface area contributed by atoms with E-state index in [-0.39, 0.29) is 12.1 Å². The maximum Gasteiger partial charge on any atom is 0.408 e. The minimum atomic E-state index is -0.531. The van der Waals surface area contributed by atoms with E-state index in [2.05, 4.69) is 49.6 Å². The molecule has 7 heteroatoms. The van der Waals surface area contributed by atoms with Crippen molar-refractivity contribution in [3.63, 3.8) is 0 Å². The van der Waals surface area contributed by atoms with Gasteiger partial charge in [-0.1, -0.05) is 0 Å². The molecule has 0 aliphatic rings. The third-order valence-corrected chi connectivity index (χ3v) is 3.64. The number of rotatable bonds is 3. The number of imidazole rings is 1. The molecular formula is C16H23BrN4O2. The number of ether oxygens (including phenoxy) is 1. The number of halogens is 1. The van der Waals surface area contributed by atoms with Crippen molar-refractivity contribution in [1.29, 1.82) is 0 Å². The molecule has 2 rings (SSSR count). The summed E-state index contributed by atoms with van der Waals surface area (Å²) in [7, 11) is 0. The largest absolute Gasteiger partial charge is 0.444 e. The molecule has 126 valence electrons. The number of hydrogen-bond donors (Lipinski definition) is 1. The van der Waals surface area contributed by atoms with E-state index in [0.717, 1.165) is 21.5 Å². The van der Waals surface area contributed by atoms with Crippen LogP contribution in [0.2, 0.25) is 0 Å². The normalized spacial score (nSPS) is 13.4. The quantitative estimate of drug-likeness (QED) is 0.800. The summed E-state index contributed by atoms with van der Waals surface area (Å²) >= 11 is 3.39. The topological polar surface area (TPSA) is 69.0 Å². The Labute approximate surface area is 144 Å². The van der Waals surface area contributed by atoms with Crippen LogP contribution in [0.1, 0.15) is 59.5 Å². The third kappa shape index (κ3) is 4.22. The van der Waals surface area contributed by atoms with Gasteiger partial charge in [0.2, 0.25) is 0 Å². The number of pyridine rings is 1. The van der Waals surface area contributed by atoms with Crippen LogP contribution in [0.5, 0.6) is 0 Å². The van der Waals surface area contributed by atoms with Crippen LogP contribution in [0.4, 0.5) is 4.79 Å². The van der Waals surface area contributed by atoms with E-state index in [4.69, 9.17) is 4.74 Å². The van der Waals surface area contributed by atoms with Crippen molar-refractivity contribution >= 4 is 33.1 Å². The molecule has 1 amide bonds. The maximum atomic E-state index is 12.0. The molecule has 0 saturated heterocycles. The average Bonchev–Trinajstić information content (AvgIpc) is 2.74. The first kappa shape index (κ1) is 17.7. The molecule has 6 nitrogen and oxygen atoms in total. The highest BCUT2D eigenvalue weighted by Crippen LogP contribution is 2.26. The molecule has 0 saturated carbocycles. The van der Waals surface area contributed by atoms with Crippen LogP contribution in [-0.4, -0.2) is 26.2 Å². The molecule has 2 aromatic heterocycles. The number of aromatic nitrogens is 3. The van der Waals surface area contributed by atoms with Crippen molar-refractivity contribution in [3.8, 4) is 0 Å². The van der Waals surface area contributed by atoms with Crippen LogP contribution in [0.25, 0.3) is 11.0 Å². The first-order valence-electron chi connectivity index (χ1n) is 7.61. The van der Waals surface area contributed by atoms with Crippen molar-refractivity contribution in [2.45, 2.75) is 59.2 Å². The lowest BCUT2D eigenvalue weighted by atomic mass is 10.2. The van der Waals surface area contributed by atoms with Gasteiger partial charge in [-0.15, -0.1) is 0 Å². The van der Waals surface area contributed by atoms with Gasteiger partial charge in [0.25, 0.3) is 0 Å². The molecule has 1 N–H and O–H groups in total. The summed E-state index contributed by atoms with van der Waals surface area (Å²) in [5, 5.41) is 2.85. The number of alkyl carbamates (subject to hydrolysis) is 1. The van der Waals surface area contributed by atoms with Crippen LogP contribution in [0.3, 0.4) is 0 Å². The van der Waals surface area contributed by atoms with Gasteiger partial charge >= 0.3 is 6.09 Å². The summed E-state index contributed by atoms with van der Waals surface area (Å²) in [5.74, 6) is 0.778. The molecule has 0 bridgehead atoms. The standard InChI is InChI=1S/C16H23BrN4O2/c1-9(2)21-12-7-13(17)18-8-11(12)20-14(21)10(3)19-15(22)23-16(4,5)6/h7-10H,1-6H3,(H,19,22)/t10-/m0/s1. The molecule has 1 atom stereocenters.